The van der Waals surface area contributed by atoms with Crippen LogP contribution in [0.4, 0.5) is 5.69 Å². The zero-order valence-corrected chi connectivity index (χ0v) is 21.1. The number of rotatable bonds is 8. The van der Waals surface area contributed by atoms with Crippen molar-refractivity contribution in [3.8, 4) is 11.5 Å². The summed E-state index contributed by atoms with van der Waals surface area (Å²) < 4.78 is 12.1. The number of benzene rings is 2. The van der Waals surface area contributed by atoms with Gasteiger partial charge in [0.25, 0.3) is 5.91 Å². The predicted octanol–water partition coefficient (Wildman–Crippen LogP) is 5.96. The molecule has 0 spiro atoms. The fourth-order valence-corrected chi connectivity index (χ4v) is 4.68. The summed E-state index contributed by atoms with van der Waals surface area (Å²) in [6.45, 7) is 5.58. The number of carbonyl (C=O) groups is 1. The normalized spacial score (nSPS) is 16.5. The van der Waals surface area contributed by atoms with Gasteiger partial charge >= 0.3 is 0 Å². The zero-order chi connectivity index (χ0) is 22.4. The van der Waals surface area contributed by atoms with Crippen molar-refractivity contribution in [2.75, 3.05) is 26.4 Å². The highest BCUT2D eigenvalue weighted by Crippen LogP contribution is 2.44. The molecular formula is C22H22Br2N2O4S. The van der Waals surface area contributed by atoms with Crippen LogP contribution in [0.25, 0.3) is 6.08 Å². The first-order valence-electron chi connectivity index (χ1n) is 9.72. The highest BCUT2D eigenvalue weighted by atomic mass is 79.9. The molecule has 1 fully saturated rings. The number of phenolic OH excluding ortho intramolecular Hbond substituents is 1. The van der Waals surface area contributed by atoms with E-state index < -0.39 is 0 Å². The molecule has 0 saturated carbocycles. The molecule has 3 rings (SSSR count). The Balaban J connectivity index is 1.99. The predicted molar refractivity (Wildman–Crippen MR) is 132 cm³/mol. The number of amides is 1. The molecule has 1 aliphatic heterocycles. The molecule has 2 aromatic rings. The fraction of sp³-hybridized carbons (Fsp3) is 0.273. The monoisotopic (exact) mass is 568 g/mol. The molecular weight excluding hydrogens is 548 g/mol. The van der Waals surface area contributed by atoms with E-state index in [-0.39, 0.29) is 11.7 Å². The summed E-state index contributed by atoms with van der Waals surface area (Å²) in [6.07, 6.45) is 1.77. The van der Waals surface area contributed by atoms with E-state index in [0.717, 1.165) is 5.69 Å². The maximum Gasteiger partial charge on any atom is 0.266 e. The van der Waals surface area contributed by atoms with Crippen LogP contribution in [0.5, 0.6) is 11.5 Å². The molecule has 1 amide bonds. The van der Waals surface area contributed by atoms with E-state index >= 15 is 0 Å². The lowest BCUT2D eigenvalue weighted by atomic mass is 10.2. The van der Waals surface area contributed by atoms with Crippen LogP contribution in [-0.2, 0) is 9.53 Å². The zero-order valence-electron chi connectivity index (χ0n) is 17.1. The molecule has 1 heterocycles. The number of nitrogens with zero attached hydrogens (tertiary/aromatic N) is 2. The Morgan fingerprint density at radius 1 is 1.16 bits per heavy atom. The van der Waals surface area contributed by atoms with Gasteiger partial charge in [0.2, 0.25) is 0 Å². The first kappa shape index (κ1) is 23.8. The van der Waals surface area contributed by atoms with Crippen LogP contribution in [0.3, 0.4) is 0 Å². The van der Waals surface area contributed by atoms with E-state index in [1.54, 1.807) is 17.0 Å². The molecule has 1 aliphatic rings. The minimum atomic E-state index is -0.145. The van der Waals surface area contributed by atoms with Crippen molar-refractivity contribution in [2.24, 2.45) is 4.99 Å². The molecule has 1 N–H and O–H groups in total. The van der Waals surface area contributed by atoms with Crippen molar-refractivity contribution < 1.29 is 19.4 Å². The summed E-state index contributed by atoms with van der Waals surface area (Å²) in [7, 11) is 0. The van der Waals surface area contributed by atoms with Crippen LogP contribution in [0.15, 0.2) is 55.2 Å². The van der Waals surface area contributed by atoms with E-state index in [9.17, 15) is 9.90 Å². The van der Waals surface area contributed by atoms with Gasteiger partial charge in [0.05, 0.1) is 34.8 Å². The van der Waals surface area contributed by atoms with Crippen LogP contribution < -0.4 is 4.74 Å². The lowest BCUT2D eigenvalue weighted by Crippen LogP contribution is -2.32. The van der Waals surface area contributed by atoms with Crippen molar-refractivity contribution >= 4 is 66.5 Å². The number of halogens is 2. The molecule has 0 unspecified atom stereocenters. The number of carbonyl (C=O) groups excluding carboxylic acids is 1. The van der Waals surface area contributed by atoms with Gasteiger partial charge in [-0.05, 0) is 87.3 Å². The average Bonchev–Trinajstić information content (AvgIpc) is 3.05. The van der Waals surface area contributed by atoms with Gasteiger partial charge < -0.3 is 14.6 Å². The Morgan fingerprint density at radius 2 is 1.90 bits per heavy atom. The summed E-state index contributed by atoms with van der Waals surface area (Å²) in [4.78, 5) is 20.0. The highest BCUT2D eigenvalue weighted by molar-refractivity contribution is 9.13. The Kier molecular flexibility index (Phi) is 8.59. The number of thioether (sulfide) groups is 1. The molecule has 0 radical (unpaired) electrons. The van der Waals surface area contributed by atoms with E-state index in [1.165, 1.54) is 11.8 Å². The number of hydrogen-bond acceptors (Lipinski definition) is 6. The topological polar surface area (TPSA) is 71.4 Å². The fourth-order valence-electron chi connectivity index (χ4n) is 2.83. The van der Waals surface area contributed by atoms with Gasteiger partial charge in [0.1, 0.15) is 0 Å². The van der Waals surface area contributed by atoms with Crippen molar-refractivity contribution in [3.05, 3.63) is 55.8 Å². The average molecular weight is 570 g/mol. The molecule has 2 aromatic carbocycles. The summed E-state index contributed by atoms with van der Waals surface area (Å²) in [5.74, 6) is 0.200. The second kappa shape index (κ2) is 11.2. The smallest absolute Gasteiger partial charge is 0.266 e. The minimum absolute atomic E-state index is 0.00551. The third-order valence-corrected chi connectivity index (χ3v) is 7.46. The standard InChI is InChI=1S/C22H22Br2N2O4S/c1-3-29-11-10-26-21(28)17(31-22(26)25-15-8-6-5-7-9-15)13-14-12-16(30-4-2)20(27)19(24)18(14)23/h5-9,12-13,27H,3-4,10-11H2,1-2H3/b17-13-,25-22?. The Labute approximate surface area is 202 Å². The Hall–Kier alpha value is -1.81. The Bertz CT molecular complexity index is 1010. The van der Waals surface area contributed by atoms with Crippen molar-refractivity contribution in [3.63, 3.8) is 0 Å². The van der Waals surface area contributed by atoms with E-state index in [2.05, 4.69) is 36.9 Å². The molecule has 0 atom stereocenters. The highest BCUT2D eigenvalue weighted by Gasteiger charge is 2.33. The third kappa shape index (κ3) is 5.71. The number of aliphatic imine (C=N–C) groups is 1. The van der Waals surface area contributed by atoms with Crippen molar-refractivity contribution in [1.29, 1.82) is 0 Å². The summed E-state index contributed by atoms with van der Waals surface area (Å²) in [5, 5.41) is 10.9. The van der Waals surface area contributed by atoms with Crippen molar-refractivity contribution in [2.45, 2.75) is 13.8 Å². The van der Waals surface area contributed by atoms with Gasteiger partial charge in [-0.1, -0.05) is 18.2 Å². The largest absolute Gasteiger partial charge is 0.503 e. The van der Waals surface area contributed by atoms with Gasteiger partial charge in [-0.2, -0.15) is 0 Å². The number of ether oxygens (including phenoxy) is 2. The molecule has 6 nitrogen and oxygen atoms in total. The summed E-state index contributed by atoms with van der Waals surface area (Å²) in [5.41, 5.74) is 1.47. The van der Waals surface area contributed by atoms with E-state index in [1.807, 2.05) is 44.2 Å². The number of phenols is 1. The number of para-hydroxylation sites is 1. The van der Waals surface area contributed by atoms with Gasteiger partial charge in [-0.3, -0.25) is 9.69 Å². The second-order valence-electron chi connectivity index (χ2n) is 6.37. The molecule has 9 heteroatoms. The number of hydrogen-bond donors (Lipinski definition) is 1. The van der Waals surface area contributed by atoms with Gasteiger partial charge in [-0.25, -0.2) is 4.99 Å². The quantitative estimate of drug-likeness (QED) is 0.314. The van der Waals surface area contributed by atoms with Crippen LogP contribution >= 0.6 is 43.6 Å². The first-order chi connectivity index (χ1) is 15.0. The molecule has 1 saturated heterocycles. The van der Waals surface area contributed by atoms with Crippen LogP contribution in [0.1, 0.15) is 19.4 Å². The minimum Gasteiger partial charge on any atom is -0.503 e. The number of amidine groups is 1. The van der Waals surface area contributed by atoms with Crippen molar-refractivity contribution in [1.82, 2.24) is 4.90 Å². The maximum absolute atomic E-state index is 13.2. The molecule has 0 aliphatic carbocycles. The van der Waals surface area contributed by atoms with Crippen LogP contribution in [-0.4, -0.2) is 47.4 Å². The van der Waals surface area contributed by atoms with E-state index in [4.69, 9.17) is 9.47 Å². The Morgan fingerprint density at radius 3 is 2.58 bits per heavy atom. The van der Waals surface area contributed by atoms with Crippen LogP contribution in [0, 0.1) is 0 Å². The molecule has 0 bridgehead atoms. The van der Waals surface area contributed by atoms with Gasteiger partial charge in [0.15, 0.2) is 16.7 Å². The first-order valence-corrected chi connectivity index (χ1v) is 12.1. The second-order valence-corrected chi connectivity index (χ2v) is 8.96. The molecule has 164 valence electrons. The summed E-state index contributed by atoms with van der Waals surface area (Å²) in [6, 6.07) is 11.2. The number of aromatic hydroxyl groups is 1. The summed E-state index contributed by atoms with van der Waals surface area (Å²) >= 11 is 8.17. The SMILES string of the molecule is CCOCCN1C(=O)/C(=C/c2cc(OCC)c(O)c(Br)c2Br)SC1=Nc1ccccc1. The lowest BCUT2D eigenvalue weighted by molar-refractivity contribution is -0.122. The van der Waals surface area contributed by atoms with Gasteiger partial charge in [0, 0.05) is 11.1 Å². The lowest BCUT2D eigenvalue weighted by Gasteiger charge is -2.15. The maximum atomic E-state index is 13.2. The van der Waals surface area contributed by atoms with Gasteiger partial charge in [-0.15, -0.1) is 0 Å². The molecule has 31 heavy (non-hydrogen) atoms. The molecule has 0 aromatic heterocycles. The van der Waals surface area contributed by atoms with Crippen LogP contribution in [0.2, 0.25) is 0 Å². The van der Waals surface area contributed by atoms with E-state index in [0.29, 0.717) is 56.7 Å². The third-order valence-electron chi connectivity index (χ3n) is 4.29.